The third kappa shape index (κ3) is 6.69. The number of amides is 1. The van der Waals surface area contributed by atoms with Crippen LogP contribution in [0.15, 0.2) is 24.3 Å². The predicted octanol–water partition coefficient (Wildman–Crippen LogP) is 1.71. The summed E-state index contributed by atoms with van der Waals surface area (Å²) in [5, 5.41) is 2.96. The van der Waals surface area contributed by atoms with Gasteiger partial charge in [-0.25, -0.2) is 0 Å². The number of hydrogen-bond acceptors (Lipinski definition) is 3. The minimum Gasteiger partial charge on any atom is -0.389 e. The van der Waals surface area contributed by atoms with Gasteiger partial charge in [-0.05, 0) is 31.6 Å². The largest absolute Gasteiger partial charge is 0.389 e. The molecular weight excluding hydrogens is 282 g/mol. The van der Waals surface area contributed by atoms with Crippen molar-refractivity contribution in [3.05, 3.63) is 35.4 Å². The van der Waals surface area contributed by atoms with Gasteiger partial charge in [-0.2, -0.15) is 0 Å². The molecule has 5 heteroatoms. The van der Waals surface area contributed by atoms with E-state index in [-0.39, 0.29) is 5.91 Å². The third-order valence-corrected chi connectivity index (χ3v) is 3.71. The number of rotatable bonds is 9. The molecule has 1 aromatic rings. The van der Waals surface area contributed by atoms with Gasteiger partial charge in [0.15, 0.2) is 0 Å². The normalized spacial score (nSPS) is 10.6. The van der Waals surface area contributed by atoms with E-state index < -0.39 is 0 Å². The van der Waals surface area contributed by atoms with Crippen LogP contribution in [0.5, 0.6) is 0 Å². The molecule has 0 aromatic heterocycles. The van der Waals surface area contributed by atoms with E-state index in [1.165, 1.54) is 0 Å². The molecule has 0 heterocycles. The number of benzene rings is 1. The van der Waals surface area contributed by atoms with Crippen LogP contribution in [0.1, 0.15) is 31.4 Å². The Morgan fingerprint density at radius 2 is 1.86 bits per heavy atom. The van der Waals surface area contributed by atoms with Gasteiger partial charge >= 0.3 is 0 Å². The molecule has 0 spiro atoms. The smallest absolute Gasteiger partial charge is 0.224 e. The van der Waals surface area contributed by atoms with Crippen molar-refractivity contribution in [2.75, 3.05) is 26.2 Å². The first-order valence-corrected chi connectivity index (χ1v) is 7.85. The van der Waals surface area contributed by atoms with Crippen LogP contribution in [-0.2, 0) is 11.2 Å². The summed E-state index contributed by atoms with van der Waals surface area (Å²) in [7, 11) is 0. The number of carbonyl (C=O) groups is 1. The van der Waals surface area contributed by atoms with Gasteiger partial charge in [0.05, 0.1) is 6.42 Å². The highest BCUT2D eigenvalue weighted by atomic mass is 32.1. The summed E-state index contributed by atoms with van der Waals surface area (Å²) in [6, 6.07) is 7.49. The third-order valence-electron chi connectivity index (χ3n) is 3.47. The summed E-state index contributed by atoms with van der Waals surface area (Å²) in [5.41, 5.74) is 7.34. The van der Waals surface area contributed by atoms with Gasteiger partial charge in [0.25, 0.3) is 0 Å². The summed E-state index contributed by atoms with van der Waals surface area (Å²) in [6.45, 7) is 8.16. The van der Waals surface area contributed by atoms with Gasteiger partial charge in [0.2, 0.25) is 5.91 Å². The molecule has 0 aliphatic carbocycles. The van der Waals surface area contributed by atoms with Crippen LogP contribution in [0.2, 0.25) is 0 Å². The maximum atomic E-state index is 11.8. The molecule has 0 radical (unpaired) electrons. The summed E-state index contributed by atoms with van der Waals surface area (Å²) < 4.78 is 0. The molecule has 1 rings (SSSR count). The zero-order valence-corrected chi connectivity index (χ0v) is 13.7. The minimum absolute atomic E-state index is 0.0534. The molecule has 0 bridgehead atoms. The Morgan fingerprint density at radius 3 is 2.38 bits per heavy atom. The molecule has 3 N–H and O–H groups in total. The van der Waals surface area contributed by atoms with E-state index in [1.807, 2.05) is 24.3 Å². The predicted molar refractivity (Wildman–Crippen MR) is 91.4 cm³/mol. The SMILES string of the molecule is CCN(CC)CCCNC(=O)Cc1ccc(C(N)=S)cc1. The second kappa shape index (κ2) is 9.47. The highest BCUT2D eigenvalue weighted by Crippen LogP contribution is 2.05. The van der Waals surface area contributed by atoms with E-state index in [4.69, 9.17) is 18.0 Å². The minimum atomic E-state index is 0.0534. The number of carbonyl (C=O) groups excluding carboxylic acids is 1. The van der Waals surface area contributed by atoms with Gasteiger partial charge in [-0.1, -0.05) is 50.3 Å². The number of nitrogens with one attached hydrogen (secondary N) is 1. The summed E-state index contributed by atoms with van der Waals surface area (Å²) in [5.74, 6) is 0.0534. The van der Waals surface area contributed by atoms with Crippen molar-refractivity contribution >= 4 is 23.1 Å². The Labute approximate surface area is 132 Å². The maximum Gasteiger partial charge on any atom is 0.224 e. The van der Waals surface area contributed by atoms with Crippen LogP contribution in [0.25, 0.3) is 0 Å². The molecule has 116 valence electrons. The lowest BCUT2D eigenvalue weighted by Gasteiger charge is -2.17. The van der Waals surface area contributed by atoms with Crippen molar-refractivity contribution in [3.8, 4) is 0 Å². The highest BCUT2D eigenvalue weighted by Gasteiger charge is 2.04. The molecule has 0 saturated carbocycles. The standard InChI is InChI=1S/C16H25N3OS/c1-3-19(4-2)11-5-10-18-15(20)12-13-6-8-14(9-7-13)16(17)21/h6-9H,3-5,10-12H2,1-2H3,(H2,17,21)(H,18,20). The Kier molecular flexibility index (Phi) is 7.93. The first-order chi connectivity index (χ1) is 10.1. The van der Waals surface area contributed by atoms with Crippen LogP contribution in [0.3, 0.4) is 0 Å². The van der Waals surface area contributed by atoms with E-state index in [1.54, 1.807) is 0 Å². The molecule has 21 heavy (non-hydrogen) atoms. The van der Waals surface area contributed by atoms with E-state index in [9.17, 15) is 4.79 Å². The van der Waals surface area contributed by atoms with Gasteiger partial charge in [-0.15, -0.1) is 0 Å². The van der Waals surface area contributed by atoms with E-state index >= 15 is 0 Å². The second-order valence-corrected chi connectivity index (χ2v) is 5.41. The maximum absolute atomic E-state index is 11.8. The average molecular weight is 307 g/mol. The van der Waals surface area contributed by atoms with Gasteiger partial charge < -0.3 is 16.0 Å². The summed E-state index contributed by atoms with van der Waals surface area (Å²) in [6.07, 6.45) is 1.37. The van der Waals surface area contributed by atoms with Crippen molar-refractivity contribution in [2.45, 2.75) is 26.7 Å². The summed E-state index contributed by atoms with van der Waals surface area (Å²) >= 11 is 4.90. The molecule has 0 unspecified atom stereocenters. The quantitative estimate of drug-likeness (QED) is 0.539. The Balaban J connectivity index is 2.29. The second-order valence-electron chi connectivity index (χ2n) is 4.97. The zero-order valence-electron chi connectivity index (χ0n) is 12.9. The topological polar surface area (TPSA) is 58.4 Å². The Hall–Kier alpha value is -1.46. The molecule has 0 atom stereocenters. The molecule has 1 aromatic carbocycles. The molecule has 1 amide bonds. The molecule has 0 aliphatic rings. The number of nitrogens with two attached hydrogens (primary N) is 1. The van der Waals surface area contributed by atoms with E-state index in [2.05, 4.69) is 24.1 Å². The Morgan fingerprint density at radius 1 is 1.24 bits per heavy atom. The van der Waals surface area contributed by atoms with Crippen molar-refractivity contribution in [1.29, 1.82) is 0 Å². The van der Waals surface area contributed by atoms with Gasteiger partial charge in [0.1, 0.15) is 4.99 Å². The monoisotopic (exact) mass is 307 g/mol. The Bertz CT molecular complexity index is 455. The number of nitrogens with zero attached hydrogens (tertiary/aromatic N) is 1. The average Bonchev–Trinajstić information content (AvgIpc) is 2.48. The molecule has 0 fully saturated rings. The molecular formula is C16H25N3OS. The fourth-order valence-corrected chi connectivity index (χ4v) is 2.24. The van der Waals surface area contributed by atoms with Gasteiger partial charge in [0, 0.05) is 12.1 Å². The highest BCUT2D eigenvalue weighted by molar-refractivity contribution is 7.80. The van der Waals surface area contributed by atoms with Crippen molar-refractivity contribution in [3.63, 3.8) is 0 Å². The van der Waals surface area contributed by atoms with E-state index in [0.29, 0.717) is 11.4 Å². The van der Waals surface area contributed by atoms with Crippen LogP contribution in [-0.4, -0.2) is 42.0 Å². The molecule has 4 nitrogen and oxygen atoms in total. The van der Waals surface area contributed by atoms with Crippen molar-refractivity contribution in [2.24, 2.45) is 5.73 Å². The lowest BCUT2D eigenvalue weighted by molar-refractivity contribution is -0.120. The van der Waals surface area contributed by atoms with Crippen LogP contribution < -0.4 is 11.1 Å². The number of hydrogen-bond donors (Lipinski definition) is 2. The molecule has 0 saturated heterocycles. The van der Waals surface area contributed by atoms with Crippen molar-refractivity contribution in [1.82, 2.24) is 10.2 Å². The molecule has 0 aliphatic heterocycles. The fraction of sp³-hybridized carbons (Fsp3) is 0.500. The first kappa shape index (κ1) is 17.6. The fourth-order valence-electron chi connectivity index (χ4n) is 2.11. The lowest BCUT2D eigenvalue weighted by atomic mass is 10.1. The lowest BCUT2D eigenvalue weighted by Crippen LogP contribution is -2.30. The van der Waals surface area contributed by atoms with Crippen LogP contribution in [0.4, 0.5) is 0 Å². The van der Waals surface area contributed by atoms with Crippen LogP contribution >= 0.6 is 12.2 Å². The van der Waals surface area contributed by atoms with Crippen molar-refractivity contribution < 1.29 is 4.79 Å². The summed E-state index contributed by atoms with van der Waals surface area (Å²) in [4.78, 5) is 14.6. The number of thiocarbonyl (C=S) groups is 1. The van der Waals surface area contributed by atoms with Crippen LogP contribution in [0, 0.1) is 0 Å². The van der Waals surface area contributed by atoms with Gasteiger partial charge in [-0.3, -0.25) is 4.79 Å². The zero-order chi connectivity index (χ0) is 15.7. The first-order valence-electron chi connectivity index (χ1n) is 7.44. The van der Waals surface area contributed by atoms with E-state index in [0.717, 1.165) is 43.7 Å².